The highest BCUT2D eigenvalue weighted by molar-refractivity contribution is 5.94. The number of carbonyl (C=O) groups is 1. The van der Waals surface area contributed by atoms with Gasteiger partial charge in [0.25, 0.3) is 5.91 Å². The Kier molecular flexibility index (Phi) is 6.19. The van der Waals surface area contributed by atoms with Crippen LogP contribution in [0.3, 0.4) is 0 Å². The third-order valence-electron chi connectivity index (χ3n) is 5.89. The van der Waals surface area contributed by atoms with E-state index in [2.05, 4.69) is 24.9 Å². The van der Waals surface area contributed by atoms with Crippen LogP contribution in [0.15, 0.2) is 42.6 Å². The molecule has 1 spiro atoms. The number of pyridine rings is 1. The van der Waals surface area contributed by atoms with Gasteiger partial charge in [0, 0.05) is 50.2 Å². The molecule has 0 N–H and O–H groups in total. The second-order valence-electron chi connectivity index (χ2n) is 9.04. The summed E-state index contributed by atoms with van der Waals surface area (Å²) >= 11 is 0. The molecule has 6 nitrogen and oxygen atoms in total. The first kappa shape index (κ1) is 21.6. The normalized spacial score (nSPS) is 19.9. The molecule has 166 valence electrons. The highest BCUT2D eigenvalue weighted by Crippen LogP contribution is 2.46. The van der Waals surface area contributed by atoms with Crippen LogP contribution in [0.5, 0.6) is 11.6 Å². The number of fused-ring (bicyclic) bond motifs is 1. The largest absolute Gasteiger partial charge is 0.487 e. The lowest BCUT2D eigenvalue weighted by atomic mass is 9.81. The molecule has 0 bridgehead atoms. The van der Waals surface area contributed by atoms with E-state index >= 15 is 0 Å². The Bertz CT molecular complexity index is 902. The van der Waals surface area contributed by atoms with E-state index in [1.165, 1.54) is 0 Å². The number of amides is 1. The Balaban J connectivity index is 1.43. The highest BCUT2D eigenvalue weighted by Gasteiger charge is 2.44. The first-order valence-corrected chi connectivity index (χ1v) is 11.2. The van der Waals surface area contributed by atoms with Crippen molar-refractivity contribution in [3.63, 3.8) is 0 Å². The van der Waals surface area contributed by atoms with Crippen molar-refractivity contribution in [1.29, 1.82) is 0 Å². The van der Waals surface area contributed by atoms with Crippen LogP contribution in [0.4, 0.5) is 0 Å². The Morgan fingerprint density at radius 2 is 1.84 bits per heavy atom. The van der Waals surface area contributed by atoms with E-state index in [1.807, 2.05) is 36.9 Å². The molecule has 0 aliphatic carbocycles. The number of hydrogen-bond acceptors (Lipinski definition) is 5. The quantitative estimate of drug-likeness (QED) is 0.690. The van der Waals surface area contributed by atoms with Gasteiger partial charge in [-0.15, -0.1) is 0 Å². The van der Waals surface area contributed by atoms with Gasteiger partial charge in [0.2, 0.25) is 5.88 Å². The average molecular weight is 425 g/mol. The Morgan fingerprint density at radius 1 is 1.10 bits per heavy atom. The molecule has 1 fully saturated rings. The summed E-state index contributed by atoms with van der Waals surface area (Å²) in [5.74, 6) is 1.45. The van der Waals surface area contributed by atoms with Crippen molar-refractivity contribution >= 4 is 5.91 Å². The van der Waals surface area contributed by atoms with E-state index in [9.17, 15) is 4.79 Å². The smallest absolute Gasteiger partial charge is 0.255 e. The van der Waals surface area contributed by atoms with Crippen LogP contribution in [0.1, 0.15) is 69.0 Å². The highest BCUT2D eigenvalue weighted by atomic mass is 16.5. The van der Waals surface area contributed by atoms with Gasteiger partial charge in [0.05, 0.1) is 23.9 Å². The molecule has 2 aromatic rings. The Hall–Kier alpha value is -2.60. The summed E-state index contributed by atoms with van der Waals surface area (Å²) in [7, 11) is 0. The number of carbonyl (C=O) groups excluding carboxylic acids is 1. The third-order valence-corrected chi connectivity index (χ3v) is 5.89. The maximum atomic E-state index is 13.0. The summed E-state index contributed by atoms with van der Waals surface area (Å²) in [6, 6.07) is 11.7. The van der Waals surface area contributed by atoms with Crippen molar-refractivity contribution in [2.24, 2.45) is 0 Å². The lowest BCUT2D eigenvalue weighted by Crippen LogP contribution is -2.52. The van der Waals surface area contributed by atoms with Gasteiger partial charge in [0.15, 0.2) is 0 Å². The lowest BCUT2D eigenvalue weighted by Gasteiger charge is -2.47. The minimum atomic E-state index is -0.294. The minimum absolute atomic E-state index is 0.00429. The zero-order valence-electron chi connectivity index (χ0n) is 18.8. The maximum absolute atomic E-state index is 13.0. The lowest BCUT2D eigenvalue weighted by molar-refractivity contribution is -0.0872. The molecule has 0 saturated carbocycles. The molecule has 0 radical (unpaired) electrons. The monoisotopic (exact) mass is 424 g/mol. The van der Waals surface area contributed by atoms with Crippen molar-refractivity contribution in [3.05, 3.63) is 53.7 Å². The number of rotatable bonds is 5. The average Bonchev–Trinajstić information content (AvgIpc) is 2.73. The molecule has 1 saturated heterocycles. The van der Waals surface area contributed by atoms with Gasteiger partial charge in [-0.3, -0.25) is 4.79 Å². The maximum Gasteiger partial charge on any atom is 0.255 e. The summed E-state index contributed by atoms with van der Waals surface area (Å²) in [4.78, 5) is 19.2. The van der Waals surface area contributed by atoms with Gasteiger partial charge in [0.1, 0.15) is 11.4 Å². The summed E-state index contributed by atoms with van der Waals surface area (Å²) in [6.45, 7) is 9.34. The van der Waals surface area contributed by atoms with Crippen LogP contribution < -0.4 is 9.47 Å². The summed E-state index contributed by atoms with van der Waals surface area (Å²) in [6.07, 6.45) is 4.20. The molecule has 1 aromatic carbocycles. The number of para-hydroxylation sites is 1. The van der Waals surface area contributed by atoms with Crippen molar-refractivity contribution in [3.8, 4) is 11.6 Å². The number of nitrogens with zero attached hydrogens (tertiary/aromatic N) is 2. The zero-order chi connectivity index (χ0) is 22.0. The molecule has 3 heterocycles. The minimum Gasteiger partial charge on any atom is -0.487 e. The summed E-state index contributed by atoms with van der Waals surface area (Å²) < 4.78 is 18.3. The number of benzene rings is 1. The summed E-state index contributed by atoms with van der Waals surface area (Å²) in [5.41, 5.74) is 1.41. The Morgan fingerprint density at radius 3 is 2.48 bits per heavy atom. The van der Waals surface area contributed by atoms with Crippen LogP contribution in [-0.4, -0.2) is 46.7 Å². The standard InChI is InChI=1S/C25H32N2O4/c1-17(2)29-22-15-25(31-21-8-6-5-7-20(21)22)11-13-27(14-12-25)24(28)19-9-10-23(26-16-19)30-18(3)4/h5-10,16-18,22H,11-15H2,1-4H3/t22-/m1/s1. The van der Waals surface area contributed by atoms with Gasteiger partial charge < -0.3 is 19.1 Å². The van der Waals surface area contributed by atoms with Crippen molar-refractivity contribution < 1.29 is 19.0 Å². The van der Waals surface area contributed by atoms with Crippen LogP contribution in [0.25, 0.3) is 0 Å². The van der Waals surface area contributed by atoms with Gasteiger partial charge in [-0.2, -0.15) is 0 Å². The number of piperidine rings is 1. The van der Waals surface area contributed by atoms with Crippen LogP contribution in [0.2, 0.25) is 0 Å². The molecular weight excluding hydrogens is 392 g/mol. The van der Waals surface area contributed by atoms with Gasteiger partial charge in [-0.25, -0.2) is 4.98 Å². The molecule has 1 amide bonds. The number of aromatic nitrogens is 1. The SMILES string of the molecule is CC(C)Oc1ccc(C(=O)N2CCC3(CC2)C[C@@H](OC(C)C)c2ccccc2O3)cn1. The zero-order valence-corrected chi connectivity index (χ0v) is 18.8. The molecule has 1 atom stereocenters. The van der Waals surface area contributed by atoms with Crippen molar-refractivity contribution in [2.75, 3.05) is 13.1 Å². The van der Waals surface area contributed by atoms with Crippen molar-refractivity contribution in [1.82, 2.24) is 9.88 Å². The molecule has 1 aromatic heterocycles. The fourth-order valence-corrected chi connectivity index (χ4v) is 4.44. The third kappa shape index (κ3) is 4.85. The molecule has 6 heteroatoms. The van der Waals surface area contributed by atoms with Gasteiger partial charge in [-0.05, 0) is 39.8 Å². The van der Waals surface area contributed by atoms with Gasteiger partial charge in [-0.1, -0.05) is 18.2 Å². The first-order valence-electron chi connectivity index (χ1n) is 11.2. The van der Waals surface area contributed by atoms with E-state index in [0.717, 1.165) is 30.6 Å². The molecule has 31 heavy (non-hydrogen) atoms. The predicted octanol–water partition coefficient (Wildman–Crippen LogP) is 4.79. The molecule has 4 rings (SSSR count). The van der Waals surface area contributed by atoms with E-state index in [1.54, 1.807) is 18.3 Å². The summed E-state index contributed by atoms with van der Waals surface area (Å²) in [5, 5.41) is 0. The topological polar surface area (TPSA) is 60.9 Å². The number of ether oxygens (including phenoxy) is 3. The van der Waals surface area contributed by atoms with Crippen LogP contribution in [-0.2, 0) is 4.74 Å². The molecule has 2 aliphatic heterocycles. The van der Waals surface area contributed by atoms with Crippen molar-refractivity contribution in [2.45, 2.75) is 70.9 Å². The number of likely N-dealkylation sites (tertiary alicyclic amines) is 1. The first-order chi connectivity index (χ1) is 14.8. The van der Waals surface area contributed by atoms with Crippen LogP contribution >= 0.6 is 0 Å². The Labute approximate surface area is 184 Å². The fourth-order valence-electron chi connectivity index (χ4n) is 4.44. The van der Waals surface area contributed by atoms with Crippen LogP contribution in [0, 0.1) is 0 Å². The second kappa shape index (κ2) is 8.87. The molecule has 2 aliphatic rings. The van der Waals surface area contributed by atoms with Gasteiger partial charge >= 0.3 is 0 Å². The molecule has 0 unspecified atom stereocenters. The van der Waals surface area contributed by atoms with E-state index in [4.69, 9.17) is 14.2 Å². The van der Waals surface area contributed by atoms with E-state index < -0.39 is 0 Å². The molecular formula is C25H32N2O4. The van der Waals surface area contributed by atoms with E-state index in [0.29, 0.717) is 24.5 Å². The van der Waals surface area contributed by atoms with E-state index in [-0.39, 0.29) is 29.8 Å². The second-order valence-corrected chi connectivity index (χ2v) is 9.04. The fraction of sp³-hybridized carbons (Fsp3) is 0.520. The number of hydrogen-bond donors (Lipinski definition) is 0. The predicted molar refractivity (Wildman–Crippen MR) is 119 cm³/mol.